The molecule has 0 radical (unpaired) electrons. The summed E-state index contributed by atoms with van der Waals surface area (Å²) < 4.78 is 10.8. The van der Waals surface area contributed by atoms with Crippen LogP contribution < -0.4 is 10.1 Å². The average molecular weight is 453 g/mol. The van der Waals surface area contributed by atoms with Gasteiger partial charge < -0.3 is 19.7 Å². The maximum atomic E-state index is 12.5. The van der Waals surface area contributed by atoms with Gasteiger partial charge >= 0.3 is 5.97 Å². The van der Waals surface area contributed by atoms with E-state index in [0.717, 1.165) is 30.0 Å². The Morgan fingerprint density at radius 2 is 1.93 bits per heavy atom. The van der Waals surface area contributed by atoms with Crippen molar-refractivity contribution in [2.75, 3.05) is 32.1 Å². The highest BCUT2D eigenvalue weighted by Crippen LogP contribution is 2.37. The van der Waals surface area contributed by atoms with Crippen LogP contribution in [0.4, 0.5) is 5.00 Å². The number of carbonyl (C=O) groups is 2. The first kappa shape index (κ1) is 24.2. The average Bonchev–Trinajstić information content (AvgIpc) is 3.03. The van der Waals surface area contributed by atoms with E-state index in [1.54, 1.807) is 6.92 Å². The number of benzene rings is 1. The van der Waals surface area contributed by atoms with Gasteiger partial charge in [-0.25, -0.2) is 4.79 Å². The van der Waals surface area contributed by atoms with E-state index in [2.05, 4.69) is 24.1 Å². The quantitative estimate of drug-likeness (QED) is 0.627. The fraction of sp³-hybridized carbons (Fsp3) is 0.455. The maximum absolute atomic E-state index is 12.5. The third kappa shape index (κ3) is 5.74. The Hall–Kier alpha value is -2.09. The first-order valence-electron chi connectivity index (χ1n) is 9.91. The molecule has 2 aromatic rings. The molecule has 0 bridgehead atoms. The molecule has 1 aromatic heterocycles. The van der Waals surface area contributed by atoms with Crippen LogP contribution in [0.15, 0.2) is 24.3 Å². The minimum absolute atomic E-state index is 0. The van der Waals surface area contributed by atoms with Gasteiger partial charge in [0, 0.05) is 18.0 Å². The van der Waals surface area contributed by atoms with Gasteiger partial charge in [-0.15, -0.1) is 23.7 Å². The number of hydrogen-bond acceptors (Lipinski definition) is 6. The molecule has 0 aliphatic carbocycles. The first-order chi connectivity index (χ1) is 13.9. The van der Waals surface area contributed by atoms with Gasteiger partial charge in [0.2, 0.25) is 0 Å². The molecule has 0 saturated carbocycles. The summed E-state index contributed by atoms with van der Waals surface area (Å²) in [6, 6.07) is 7.74. The number of esters is 1. The lowest BCUT2D eigenvalue weighted by atomic mass is 10.0. The summed E-state index contributed by atoms with van der Waals surface area (Å²) in [7, 11) is 2.04. The van der Waals surface area contributed by atoms with E-state index < -0.39 is 0 Å². The molecule has 3 rings (SSSR count). The van der Waals surface area contributed by atoms with Crippen molar-refractivity contribution < 1.29 is 19.1 Å². The van der Waals surface area contributed by atoms with E-state index in [4.69, 9.17) is 9.47 Å². The fourth-order valence-corrected chi connectivity index (χ4v) is 4.63. The SMILES string of the molecule is CCOC(=O)c1c(NC(=O)COc2ccc(C(C)C)cc2)sc2c1CCN(C)C2.Cl. The van der Waals surface area contributed by atoms with Gasteiger partial charge in [0.1, 0.15) is 10.8 Å². The van der Waals surface area contributed by atoms with Gasteiger partial charge in [-0.05, 0) is 49.6 Å². The van der Waals surface area contributed by atoms with E-state index in [1.165, 1.54) is 16.9 Å². The molecule has 0 fully saturated rings. The Kier molecular flexibility index (Phi) is 8.70. The highest BCUT2D eigenvalue weighted by molar-refractivity contribution is 7.17. The van der Waals surface area contributed by atoms with Gasteiger partial charge in [-0.2, -0.15) is 0 Å². The van der Waals surface area contributed by atoms with Crippen LogP contribution in [0.2, 0.25) is 0 Å². The van der Waals surface area contributed by atoms with Crippen molar-refractivity contribution in [3.05, 3.63) is 45.8 Å². The van der Waals surface area contributed by atoms with E-state index >= 15 is 0 Å². The molecule has 8 heteroatoms. The molecule has 0 spiro atoms. The van der Waals surface area contributed by atoms with Crippen molar-refractivity contribution in [1.29, 1.82) is 0 Å². The number of halogens is 1. The second-order valence-corrected chi connectivity index (χ2v) is 8.58. The minimum Gasteiger partial charge on any atom is -0.484 e. The summed E-state index contributed by atoms with van der Waals surface area (Å²) >= 11 is 1.45. The molecule has 2 heterocycles. The number of nitrogens with one attached hydrogen (secondary N) is 1. The molecule has 0 atom stereocenters. The molecule has 0 unspecified atom stereocenters. The second-order valence-electron chi connectivity index (χ2n) is 7.48. The second kappa shape index (κ2) is 10.8. The van der Waals surface area contributed by atoms with Gasteiger partial charge in [0.15, 0.2) is 6.61 Å². The predicted molar refractivity (Wildman–Crippen MR) is 122 cm³/mol. The number of likely N-dealkylation sites (N-methyl/N-ethyl adjacent to an activating group) is 1. The molecular formula is C22H29ClN2O4S. The molecule has 30 heavy (non-hydrogen) atoms. The number of hydrogen-bond donors (Lipinski definition) is 1. The van der Waals surface area contributed by atoms with Crippen molar-refractivity contribution in [2.24, 2.45) is 0 Å². The number of anilines is 1. The zero-order chi connectivity index (χ0) is 21.0. The number of rotatable bonds is 7. The molecule has 1 aromatic carbocycles. The molecule has 1 aliphatic rings. The minimum atomic E-state index is -0.380. The molecule has 1 N–H and O–H groups in total. The number of ether oxygens (including phenoxy) is 2. The monoisotopic (exact) mass is 452 g/mol. The summed E-state index contributed by atoms with van der Waals surface area (Å²) in [6.07, 6.45) is 0.769. The van der Waals surface area contributed by atoms with Gasteiger partial charge in [-0.3, -0.25) is 4.79 Å². The largest absolute Gasteiger partial charge is 0.484 e. The number of nitrogens with zero attached hydrogens (tertiary/aromatic N) is 1. The lowest BCUT2D eigenvalue weighted by Crippen LogP contribution is -2.26. The smallest absolute Gasteiger partial charge is 0.341 e. The number of amides is 1. The van der Waals surface area contributed by atoms with Crippen LogP contribution in [0, 0.1) is 0 Å². The number of thiophene rings is 1. The zero-order valence-electron chi connectivity index (χ0n) is 17.8. The van der Waals surface area contributed by atoms with Gasteiger partial charge in [-0.1, -0.05) is 26.0 Å². The van der Waals surface area contributed by atoms with Crippen molar-refractivity contribution in [2.45, 2.75) is 39.7 Å². The zero-order valence-corrected chi connectivity index (χ0v) is 19.5. The summed E-state index contributed by atoms with van der Waals surface area (Å²) in [5.41, 5.74) is 2.71. The number of fused-ring (bicyclic) bond motifs is 1. The molecular weight excluding hydrogens is 424 g/mol. The van der Waals surface area contributed by atoms with Crippen LogP contribution in [-0.4, -0.2) is 43.6 Å². The van der Waals surface area contributed by atoms with Crippen LogP contribution in [0.3, 0.4) is 0 Å². The summed E-state index contributed by atoms with van der Waals surface area (Å²) in [6.45, 7) is 7.85. The highest BCUT2D eigenvalue weighted by Gasteiger charge is 2.28. The van der Waals surface area contributed by atoms with E-state index in [9.17, 15) is 9.59 Å². The van der Waals surface area contributed by atoms with Gasteiger partial charge in [0.05, 0.1) is 12.2 Å². The van der Waals surface area contributed by atoms with Crippen LogP contribution in [-0.2, 0) is 22.5 Å². The molecule has 6 nitrogen and oxygen atoms in total. The Morgan fingerprint density at radius 1 is 1.23 bits per heavy atom. The van der Waals surface area contributed by atoms with Crippen LogP contribution >= 0.6 is 23.7 Å². The van der Waals surface area contributed by atoms with E-state index in [1.807, 2.05) is 31.3 Å². The Morgan fingerprint density at radius 3 is 2.57 bits per heavy atom. The molecule has 1 aliphatic heterocycles. The van der Waals surface area contributed by atoms with E-state index in [0.29, 0.717) is 28.8 Å². The Labute approximate surface area is 188 Å². The normalized spacial score (nSPS) is 13.4. The van der Waals surface area contributed by atoms with Crippen molar-refractivity contribution >= 4 is 40.6 Å². The Bertz CT molecular complexity index is 880. The summed E-state index contributed by atoms with van der Waals surface area (Å²) in [5.74, 6) is 0.408. The van der Waals surface area contributed by atoms with Gasteiger partial charge in [0.25, 0.3) is 5.91 Å². The first-order valence-corrected chi connectivity index (χ1v) is 10.7. The topological polar surface area (TPSA) is 67.9 Å². The predicted octanol–water partition coefficient (Wildman–Crippen LogP) is 4.48. The standard InChI is InChI=1S/C22H28N2O4S.ClH/c1-5-27-22(26)20-17-10-11-24(4)12-18(17)29-21(20)23-19(25)13-28-16-8-6-15(7-9-16)14(2)3;/h6-9,14H,5,10-13H2,1-4H3,(H,23,25);1H. The van der Waals surface area contributed by atoms with Crippen LogP contribution in [0.1, 0.15) is 53.1 Å². The van der Waals surface area contributed by atoms with Crippen LogP contribution in [0.25, 0.3) is 0 Å². The Balaban J connectivity index is 0.00000320. The molecule has 164 valence electrons. The van der Waals surface area contributed by atoms with Crippen molar-refractivity contribution in [3.8, 4) is 5.75 Å². The van der Waals surface area contributed by atoms with E-state index in [-0.39, 0.29) is 30.9 Å². The maximum Gasteiger partial charge on any atom is 0.341 e. The lowest BCUT2D eigenvalue weighted by molar-refractivity contribution is -0.118. The summed E-state index contributed by atoms with van der Waals surface area (Å²) in [5, 5.41) is 3.41. The van der Waals surface area contributed by atoms with Crippen molar-refractivity contribution in [3.63, 3.8) is 0 Å². The molecule has 0 saturated heterocycles. The lowest BCUT2D eigenvalue weighted by Gasteiger charge is -2.22. The summed E-state index contributed by atoms with van der Waals surface area (Å²) in [4.78, 5) is 28.3. The van der Waals surface area contributed by atoms with Crippen LogP contribution in [0.5, 0.6) is 5.75 Å². The third-order valence-corrected chi connectivity index (χ3v) is 6.03. The third-order valence-electron chi connectivity index (χ3n) is 4.90. The molecule has 1 amide bonds. The highest BCUT2D eigenvalue weighted by atomic mass is 35.5. The van der Waals surface area contributed by atoms with Crippen molar-refractivity contribution in [1.82, 2.24) is 4.90 Å². The number of carbonyl (C=O) groups excluding carboxylic acids is 2. The fourth-order valence-electron chi connectivity index (χ4n) is 3.30.